The lowest BCUT2D eigenvalue weighted by molar-refractivity contribution is 0.0959. The summed E-state index contributed by atoms with van der Waals surface area (Å²) in [5, 5.41) is 6.08. The Labute approximate surface area is 124 Å². The number of carbonyl (C=O) groups is 1. The van der Waals surface area contributed by atoms with Crippen LogP contribution in [-0.2, 0) is 0 Å². The van der Waals surface area contributed by atoms with E-state index in [1.165, 1.54) is 11.3 Å². The Morgan fingerprint density at radius 1 is 1.37 bits per heavy atom. The monoisotopic (exact) mass is 336 g/mol. The van der Waals surface area contributed by atoms with Crippen LogP contribution in [0.3, 0.4) is 0 Å². The minimum Gasteiger partial charge on any atom is -0.266 e. The average Bonchev–Trinajstić information content (AvgIpc) is 2.93. The third-order valence-electron chi connectivity index (χ3n) is 2.53. The molecule has 1 aromatic carbocycles. The van der Waals surface area contributed by atoms with Crippen molar-refractivity contribution in [1.82, 2.24) is 5.43 Å². The average molecular weight is 337 g/mol. The van der Waals surface area contributed by atoms with Crippen molar-refractivity contribution in [3.63, 3.8) is 0 Å². The second-order valence-electron chi connectivity index (χ2n) is 3.84. The fourth-order valence-electron chi connectivity index (χ4n) is 1.60. The van der Waals surface area contributed by atoms with Gasteiger partial charge in [-0.05, 0) is 35.6 Å². The van der Waals surface area contributed by atoms with Crippen LogP contribution in [-0.4, -0.2) is 11.6 Å². The number of amides is 1. The van der Waals surface area contributed by atoms with Gasteiger partial charge in [-0.1, -0.05) is 41.1 Å². The third-order valence-corrected chi connectivity index (χ3v) is 3.89. The number of benzene rings is 1. The van der Waals surface area contributed by atoms with Crippen molar-refractivity contribution in [2.24, 2.45) is 5.10 Å². The van der Waals surface area contributed by atoms with Crippen LogP contribution in [0.25, 0.3) is 0 Å². The topological polar surface area (TPSA) is 41.5 Å². The van der Waals surface area contributed by atoms with Gasteiger partial charge in [0.15, 0.2) is 0 Å². The summed E-state index contributed by atoms with van der Waals surface area (Å²) in [6, 6.07) is 11.5. The van der Waals surface area contributed by atoms with Crippen LogP contribution >= 0.6 is 27.3 Å². The molecular weight excluding hydrogens is 324 g/mol. The maximum Gasteiger partial charge on any atom is 0.281 e. The van der Waals surface area contributed by atoms with Crippen LogP contribution < -0.4 is 5.43 Å². The lowest BCUT2D eigenvalue weighted by Crippen LogP contribution is -2.18. The summed E-state index contributed by atoms with van der Waals surface area (Å²) in [6.07, 6.45) is 0.751. The standard InChI is InChI=1S/C14H13BrN2OS/c1-2-12(10-5-3-6-11(15)9-10)16-17-14(18)13-7-4-8-19-13/h3-9H,2H2,1H3,(H,17,18)/b16-12-. The smallest absolute Gasteiger partial charge is 0.266 e. The Balaban J connectivity index is 2.14. The Bertz CT molecular complexity index is 593. The van der Waals surface area contributed by atoms with Crippen molar-refractivity contribution in [1.29, 1.82) is 0 Å². The van der Waals surface area contributed by atoms with E-state index in [0.29, 0.717) is 4.88 Å². The largest absolute Gasteiger partial charge is 0.281 e. The predicted octanol–water partition coefficient (Wildman–Crippen LogP) is 4.05. The highest BCUT2D eigenvalue weighted by Gasteiger charge is 2.06. The van der Waals surface area contributed by atoms with Crippen LogP contribution in [0.5, 0.6) is 0 Å². The molecule has 1 amide bonds. The fraction of sp³-hybridized carbons (Fsp3) is 0.143. The molecule has 0 spiro atoms. The number of hydrogen-bond acceptors (Lipinski definition) is 3. The molecule has 0 unspecified atom stereocenters. The number of thiophene rings is 1. The Morgan fingerprint density at radius 2 is 2.21 bits per heavy atom. The lowest BCUT2D eigenvalue weighted by atomic mass is 10.1. The van der Waals surface area contributed by atoms with Crippen LogP contribution in [0, 0.1) is 0 Å². The zero-order valence-corrected chi connectivity index (χ0v) is 12.8. The van der Waals surface area contributed by atoms with E-state index >= 15 is 0 Å². The molecule has 3 nitrogen and oxygen atoms in total. The van der Waals surface area contributed by atoms with Crippen LogP contribution in [0.15, 0.2) is 51.4 Å². The predicted molar refractivity (Wildman–Crippen MR) is 82.8 cm³/mol. The van der Waals surface area contributed by atoms with E-state index in [2.05, 4.69) is 26.5 Å². The number of nitrogens with one attached hydrogen (secondary N) is 1. The maximum absolute atomic E-state index is 11.8. The summed E-state index contributed by atoms with van der Waals surface area (Å²) in [4.78, 5) is 12.5. The molecule has 1 N–H and O–H groups in total. The van der Waals surface area contributed by atoms with Crippen LogP contribution in [0.4, 0.5) is 0 Å². The van der Waals surface area contributed by atoms with E-state index in [1.54, 1.807) is 6.07 Å². The summed E-state index contributed by atoms with van der Waals surface area (Å²) in [7, 11) is 0. The second-order valence-corrected chi connectivity index (χ2v) is 5.70. The van der Waals surface area contributed by atoms with Crippen molar-refractivity contribution in [2.45, 2.75) is 13.3 Å². The molecule has 0 aliphatic carbocycles. The summed E-state index contributed by atoms with van der Waals surface area (Å²) in [5.41, 5.74) is 4.45. The van der Waals surface area contributed by atoms with E-state index in [4.69, 9.17) is 0 Å². The van der Waals surface area contributed by atoms with E-state index in [0.717, 1.165) is 22.2 Å². The summed E-state index contributed by atoms with van der Waals surface area (Å²) < 4.78 is 0.996. The first-order valence-corrected chi connectivity index (χ1v) is 7.54. The Kier molecular flexibility index (Phi) is 4.87. The van der Waals surface area contributed by atoms with E-state index in [9.17, 15) is 4.79 Å². The molecule has 98 valence electrons. The summed E-state index contributed by atoms with van der Waals surface area (Å²) >= 11 is 4.83. The molecule has 5 heteroatoms. The van der Waals surface area contributed by atoms with Gasteiger partial charge in [0.25, 0.3) is 5.91 Å². The number of nitrogens with zero attached hydrogens (tertiary/aromatic N) is 1. The van der Waals surface area contributed by atoms with Crippen LogP contribution in [0.2, 0.25) is 0 Å². The van der Waals surface area contributed by atoms with Crippen molar-refractivity contribution in [3.8, 4) is 0 Å². The van der Waals surface area contributed by atoms with E-state index in [-0.39, 0.29) is 5.91 Å². The zero-order valence-electron chi connectivity index (χ0n) is 10.4. The first-order valence-electron chi connectivity index (χ1n) is 5.87. The quantitative estimate of drug-likeness (QED) is 0.664. The van der Waals surface area contributed by atoms with Crippen molar-refractivity contribution in [3.05, 3.63) is 56.7 Å². The molecule has 0 bridgehead atoms. The number of halogens is 1. The van der Waals surface area contributed by atoms with Gasteiger partial charge in [0.05, 0.1) is 10.6 Å². The van der Waals surface area contributed by atoms with Gasteiger partial charge >= 0.3 is 0 Å². The molecule has 0 atom stereocenters. The zero-order chi connectivity index (χ0) is 13.7. The number of rotatable bonds is 4. The highest BCUT2D eigenvalue weighted by molar-refractivity contribution is 9.10. The molecule has 0 fully saturated rings. The molecule has 1 heterocycles. The molecule has 1 aromatic heterocycles. The third kappa shape index (κ3) is 3.75. The molecule has 2 rings (SSSR count). The Morgan fingerprint density at radius 3 is 2.84 bits per heavy atom. The van der Waals surface area contributed by atoms with Gasteiger partial charge < -0.3 is 0 Å². The fourth-order valence-corrected chi connectivity index (χ4v) is 2.61. The first-order chi connectivity index (χ1) is 9.20. The number of hydrogen-bond donors (Lipinski definition) is 1. The van der Waals surface area contributed by atoms with Crippen molar-refractivity contribution in [2.75, 3.05) is 0 Å². The van der Waals surface area contributed by atoms with E-state index in [1.807, 2.05) is 42.6 Å². The molecular formula is C14H13BrN2OS. The van der Waals surface area contributed by atoms with Gasteiger partial charge in [0.1, 0.15) is 0 Å². The van der Waals surface area contributed by atoms with Gasteiger partial charge in [-0.3, -0.25) is 4.79 Å². The molecule has 0 aliphatic rings. The van der Waals surface area contributed by atoms with Gasteiger partial charge in [0.2, 0.25) is 0 Å². The minimum atomic E-state index is -0.170. The molecule has 0 saturated heterocycles. The van der Waals surface area contributed by atoms with Gasteiger partial charge in [-0.2, -0.15) is 5.10 Å². The van der Waals surface area contributed by atoms with Crippen LogP contribution in [0.1, 0.15) is 28.6 Å². The first kappa shape index (κ1) is 14.0. The van der Waals surface area contributed by atoms with Gasteiger partial charge in [0, 0.05) is 4.47 Å². The lowest BCUT2D eigenvalue weighted by Gasteiger charge is -2.05. The molecule has 19 heavy (non-hydrogen) atoms. The summed E-state index contributed by atoms with van der Waals surface area (Å²) in [5.74, 6) is -0.170. The van der Waals surface area contributed by atoms with Crippen molar-refractivity contribution >= 4 is 38.9 Å². The normalized spacial score (nSPS) is 11.4. The number of carbonyl (C=O) groups excluding carboxylic acids is 1. The summed E-state index contributed by atoms with van der Waals surface area (Å²) in [6.45, 7) is 2.01. The molecule has 2 aromatic rings. The number of hydrazone groups is 1. The molecule has 0 aliphatic heterocycles. The van der Waals surface area contributed by atoms with Gasteiger partial charge in [-0.25, -0.2) is 5.43 Å². The second kappa shape index (κ2) is 6.63. The van der Waals surface area contributed by atoms with Gasteiger partial charge in [-0.15, -0.1) is 11.3 Å². The highest BCUT2D eigenvalue weighted by atomic mass is 79.9. The van der Waals surface area contributed by atoms with Crippen molar-refractivity contribution < 1.29 is 4.79 Å². The maximum atomic E-state index is 11.8. The minimum absolute atomic E-state index is 0.170. The highest BCUT2D eigenvalue weighted by Crippen LogP contribution is 2.14. The Hall–Kier alpha value is -1.46. The SMILES string of the molecule is CC/C(=N/NC(=O)c1cccs1)c1cccc(Br)c1. The van der Waals surface area contributed by atoms with E-state index < -0.39 is 0 Å². The molecule has 0 saturated carbocycles. The molecule has 0 radical (unpaired) electrons.